The lowest BCUT2D eigenvalue weighted by atomic mass is 10.4. The second kappa shape index (κ2) is 4.17. The Balaban J connectivity index is 1.97. The minimum atomic E-state index is 0.345. The van der Waals surface area contributed by atoms with Crippen molar-refractivity contribution in [1.82, 2.24) is 9.88 Å². The van der Waals surface area contributed by atoms with Crippen LogP contribution in [0.2, 0.25) is 0 Å². The van der Waals surface area contributed by atoms with E-state index in [-0.39, 0.29) is 0 Å². The maximum absolute atomic E-state index is 6.05. The molecule has 1 unspecified atom stereocenters. The summed E-state index contributed by atoms with van der Waals surface area (Å²) in [5.74, 6) is 0. The van der Waals surface area contributed by atoms with E-state index in [1.165, 1.54) is 15.6 Å². The van der Waals surface area contributed by atoms with Crippen molar-refractivity contribution in [2.75, 3.05) is 13.1 Å². The van der Waals surface area contributed by atoms with Crippen molar-refractivity contribution in [3.63, 3.8) is 0 Å². The summed E-state index contributed by atoms with van der Waals surface area (Å²) in [6.07, 6.45) is 1.12. The van der Waals surface area contributed by atoms with Gasteiger partial charge >= 0.3 is 0 Å². The highest BCUT2D eigenvalue weighted by Crippen LogP contribution is 2.21. The number of nitrogens with zero attached hydrogens (tertiary/aromatic N) is 2. The van der Waals surface area contributed by atoms with E-state index in [1.54, 1.807) is 11.3 Å². The van der Waals surface area contributed by atoms with Crippen molar-refractivity contribution >= 4 is 22.9 Å². The van der Waals surface area contributed by atoms with Gasteiger partial charge in [0.15, 0.2) is 0 Å². The molecule has 0 aromatic carbocycles. The topological polar surface area (TPSA) is 16.1 Å². The average molecular weight is 231 g/mol. The van der Waals surface area contributed by atoms with Crippen molar-refractivity contribution in [1.29, 1.82) is 0 Å². The third-order valence-electron chi connectivity index (χ3n) is 2.65. The van der Waals surface area contributed by atoms with Gasteiger partial charge in [-0.25, -0.2) is 4.98 Å². The highest BCUT2D eigenvalue weighted by molar-refractivity contribution is 7.11. The quantitative estimate of drug-likeness (QED) is 0.726. The summed E-state index contributed by atoms with van der Waals surface area (Å²) in [4.78, 5) is 8.25. The van der Waals surface area contributed by atoms with E-state index >= 15 is 0 Å². The molecule has 0 amide bonds. The van der Waals surface area contributed by atoms with Crippen molar-refractivity contribution in [3.8, 4) is 0 Å². The van der Waals surface area contributed by atoms with E-state index < -0.39 is 0 Å². The highest BCUT2D eigenvalue weighted by atomic mass is 35.5. The van der Waals surface area contributed by atoms with Crippen LogP contribution in [0.25, 0.3) is 0 Å². The van der Waals surface area contributed by atoms with E-state index in [9.17, 15) is 0 Å². The Kier molecular flexibility index (Phi) is 3.10. The Morgan fingerprint density at radius 2 is 2.36 bits per heavy atom. The van der Waals surface area contributed by atoms with E-state index in [0.29, 0.717) is 5.38 Å². The summed E-state index contributed by atoms with van der Waals surface area (Å²) >= 11 is 7.86. The van der Waals surface area contributed by atoms with E-state index in [1.807, 2.05) is 0 Å². The third-order valence-corrected chi connectivity index (χ3v) is 4.06. The summed E-state index contributed by atoms with van der Waals surface area (Å²) in [7, 11) is 0. The van der Waals surface area contributed by atoms with Crippen LogP contribution in [0.4, 0.5) is 0 Å². The number of halogens is 1. The maximum Gasteiger partial charge on any atom is 0.107 e. The number of hydrogen-bond donors (Lipinski definition) is 0. The van der Waals surface area contributed by atoms with Crippen molar-refractivity contribution < 1.29 is 0 Å². The molecule has 1 saturated heterocycles. The summed E-state index contributed by atoms with van der Waals surface area (Å²) in [6, 6.07) is 0. The summed E-state index contributed by atoms with van der Waals surface area (Å²) in [5, 5.41) is 1.57. The number of aryl methyl sites for hydroxylation is 2. The predicted molar refractivity (Wildman–Crippen MR) is 61.1 cm³/mol. The summed E-state index contributed by atoms with van der Waals surface area (Å²) in [5.41, 5.74) is 1.17. The lowest BCUT2D eigenvalue weighted by molar-refractivity contribution is 0.331. The van der Waals surface area contributed by atoms with Crippen molar-refractivity contribution in [3.05, 3.63) is 15.6 Å². The minimum Gasteiger partial charge on any atom is -0.295 e. The van der Waals surface area contributed by atoms with E-state index in [2.05, 4.69) is 23.7 Å². The molecule has 4 heteroatoms. The molecule has 78 valence electrons. The normalized spacial score (nSPS) is 23.2. The molecule has 0 aliphatic carbocycles. The number of likely N-dealkylation sites (tertiary alicyclic amines) is 1. The summed E-state index contributed by atoms with van der Waals surface area (Å²) < 4.78 is 0. The van der Waals surface area contributed by atoms with Gasteiger partial charge in [0.05, 0.1) is 12.2 Å². The molecule has 1 fully saturated rings. The van der Waals surface area contributed by atoms with Gasteiger partial charge in [0.1, 0.15) is 5.01 Å². The van der Waals surface area contributed by atoms with Crippen LogP contribution in [-0.4, -0.2) is 28.4 Å². The van der Waals surface area contributed by atoms with Gasteiger partial charge in [0.2, 0.25) is 0 Å². The van der Waals surface area contributed by atoms with Gasteiger partial charge < -0.3 is 0 Å². The van der Waals surface area contributed by atoms with Crippen LogP contribution in [-0.2, 0) is 6.54 Å². The van der Waals surface area contributed by atoms with Gasteiger partial charge in [-0.15, -0.1) is 22.9 Å². The number of hydrogen-bond acceptors (Lipinski definition) is 3. The van der Waals surface area contributed by atoms with Crippen LogP contribution in [0.3, 0.4) is 0 Å². The molecular formula is C10H15ClN2S. The van der Waals surface area contributed by atoms with Crippen LogP contribution >= 0.6 is 22.9 Å². The smallest absolute Gasteiger partial charge is 0.107 e. The Labute approximate surface area is 93.9 Å². The molecular weight excluding hydrogens is 216 g/mol. The predicted octanol–water partition coefficient (Wildman–Crippen LogP) is 2.57. The number of thiazole rings is 1. The highest BCUT2D eigenvalue weighted by Gasteiger charge is 2.21. The lowest BCUT2D eigenvalue weighted by Gasteiger charge is -2.11. The molecule has 1 aromatic rings. The fourth-order valence-corrected chi connectivity index (χ4v) is 3.00. The number of alkyl halides is 1. The molecule has 14 heavy (non-hydrogen) atoms. The Hall–Kier alpha value is -0.120. The zero-order chi connectivity index (χ0) is 10.1. The van der Waals surface area contributed by atoms with Crippen molar-refractivity contribution in [2.24, 2.45) is 0 Å². The Morgan fingerprint density at radius 1 is 1.57 bits per heavy atom. The first-order valence-electron chi connectivity index (χ1n) is 4.94. The molecule has 1 aliphatic heterocycles. The fourth-order valence-electron chi connectivity index (χ4n) is 1.73. The Bertz CT molecular complexity index is 304. The molecule has 1 aliphatic rings. The van der Waals surface area contributed by atoms with Gasteiger partial charge in [-0.05, 0) is 20.3 Å². The molecule has 2 heterocycles. The zero-order valence-corrected chi connectivity index (χ0v) is 10.2. The maximum atomic E-state index is 6.05. The summed E-state index contributed by atoms with van der Waals surface area (Å²) in [6.45, 7) is 7.31. The van der Waals surface area contributed by atoms with Crippen molar-refractivity contribution in [2.45, 2.75) is 32.2 Å². The van der Waals surface area contributed by atoms with Gasteiger partial charge in [0.25, 0.3) is 0 Å². The third kappa shape index (κ3) is 2.27. The molecule has 2 nitrogen and oxygen atoms in total. The molecule has 0 radical (unpaired) electrons. The molecule has 2 rings (SSSR count). The first-order chi connectivity index (χ1) is 6.65. The molecule has 0 bridgehead atoms. The molecule has 1 aromatic heterocycles. The van der Waals surface area contributed by atoms with E-state index in [4.69, 9.17) is 11.6 Å². The number of rotatable bonds is 2. The van der Waals surface area contributed by atoms with Crippen LogP contribution < -0.4 is 0 Å². The average Bonchev–Trinajstić information content (AvgIpc) is 2.62. The molecule has 0 spiro atoms. The standard InChI is InChI=1S/C10H15ClN2S/c1-7-8(2)14-10(12-7)6-13-4-3-9(11)5-13/h9H,3-6H2,1-2H3. The second-order valence-electron chi connectivity index (χ2n) is 3.87. The minimum absolute atomic E-state index is 0.345. The van der Waals surface area contributed by atoms with E-state index in [0.717, 1.165) is 26.1 Å². The molecule has 0 saturated carbocycles. The molecule has 1 atom stereocenters. The monoisotopic (exact) mass is 230 g/mol. The van der Waals surface area contributed by atoms with Gasteiger partial charge in [-0.3, -0.25) is 4.90 Å². The SMILES string of the molecule is Cc1nc(CN2CCC(Cl)C2)sc1C. The lowest BCUT2D eigenvalue weighted by Crippen LogP contribution is -2.20. The van der Waals surface area contributed by atoms with Crippen LogP contribution in [0.15, 0.2) is 0 Å². The van der Waals surface area contributed by atoms with Gasteiger partial charge in [-0.2, -0.15) is 0 Å². The second-order valence-corrected chi connectivity index (χ2v) is 5.78. The largest absolute Gasteiger partial charge is 0.295 e. The Morgan fingerprint density at radius 3 is 2.86 bits per heavy atom. The first-order valence-corrected chi connectivity index (χ1v) is 6.20. The van der Waals surface area contributed by atoms with Gasteiger partial charge in [0, 0.05) is 23.3 Å². The number of aromatic nitrogens is 1. The fraction of sp³-hybridized carbons (Fsp3) is 0.700. The van der Waals surface area contributed by atoms with Crippen LogP contribution in [0, 0.1) is 13.8 Å². The van der Waals surface area contributed by atoms with Gasteiger partial charge in [-0.1, -0.05) is 0 Å². The molecule has 0 N–H and O–H groups in total. The van der Waals surface area contributed by atoms with Crippen LogP contribution in [0.1, 0.15) is 22.0 Å². The zero-order valence-electron chi connectivity index (χ0n) is 8.59. The van der Waals surface area contributed by atoms with Crippen LogP contribution in [0.5, 0.6) is 0 Å². The first kappa shape index (κ1) is 10.4.